The second-order valence-electron chi connectivity index (χ2n) is 12.9. The van der Waals surface area contributed by atoms with Crippen LogP contribution in [0.3, 0.4) is 0 Å². The molecule has 0 bridgehead atoms. The van der Waals surface area contributed by atoms with E-state index in [9.17, 15) is 88.2 Å². The van der Waals surface area contributed by atoms with Crippen LogP contribution in [-0.4, -0.2) is 71.4 Å². The molecule has 0 radical (unpaired) electrons. The van der Waals surface area contributed by atoms with Gasteiger partial charge in [0.1, 0.15) is 0 Å². The number of halogens is 23. The van der Waals surface area contributed by atoms with Gasteiger partial charge in [-0.2, -0.15) is 101 Å². The fourth-order valence-corrected chi connectivity index (χ4v) is 8.29. The summed E-state index contributed by atoms with van der Waals surface area (Å²) in [6.45, 7) is 1.84. The third-order valence-electron chi connectivity index (χ3n) is 8.84. The lowest BCUT2D eigenvalue weighted by molar-refractivity contribution is -0.477. The highest BCUT2D eigenvalue weighted by molar-refractivity contribution is 8.30. The Labute approximate surface area is 329 Å². The first-order valence-electron chi connectivity index (χ1n) is 16.5. The Morgan fingerprint density at radius 3 is 1.07 bits per heavy atom. The molecule has 0 aliphatic heterocycles. The SMILES string of the molecule is CCCCCc1ccc(S(OC(=O)C(F)(F)C(F)(F)C(F)(F)C(F)(F)C(F)(F)C(F)(F)C(F)(F)C(F)(F)C(F)(F)C(F)(F)C(F)(F)F)(c2ccccc2)c2ccccc2)cc1. The van der Waals surface area contributed by atoms with Crippen LogP contribution in [0.2, 0.25) is 0 Å². The Hall–Kier alpha value is -4.13. The standard InChI is InChI=1S/C35H25F23O2S/c1-2-3-6-11-20-16-18-23(19-17-20)61(21-12-7-4-8-13-21,22-14-9-5-10-15-22)60-24(59)25(36,37)26(38,39)27(40,41)28(42,43)29(44,45)30(46,47)31(48,49)32(50,51)33(52,53)34(54,55)35(56,57)58/h4-5,7-10,12-19H,2-3,6,11H2,1H3. The summed E-state index contributed by atoms with van der Waals surface area (Å²) in [5, 5.41) is 0. The van der Waals surface area contributed by atoms with Crippen molar-refractivity contribution in [2.24, 2.45) is 0 Å². The molecule has 3 aromatic carbocycles. The Kier molecular flexibility index (Phi) is 13.6. The zero-order valence-electron chi connectivity index (χ0n) is 29.8. The molecule has 61 heavy (non-hydrogen) atoms. The highest BCUT2D eigenvalue weighted by atomic mass is 32.3. The molecule has 344 valence electrons. The molecule has 0 unspecified atom stereocenters. The fourth-order valence-electron chi connectivity index (χ4n) is 5.25. The van der Waals surface area contributed by atoms with E-state index in [0.29, 0.717) is 24.8 Å². The molecule has 0 heterocycles. The molecule has 0 aliphatic carbocycles. The predicted molar refractivity (Wildman–Crippen MR) is 167 cm³/mol. The van der Waals surface area contributed by atoms with Gasteiger partial charge >= 0.3 is 71.4 Å². The molecule has 0 amide bonds. The van der Waals surface area contributed by atoms with Crippen molar-refractivity contribution in [3.05, 3.63) is 90.5 Å². The van der Waals surface area contributed by atoms with Crippen LogP contribution >= 0.6 is 10.3 Å². The first-order valence-corrected chi connectivity index (χ1v) is 18.0. The van der Waals surface area contributed by atoms with E-state index in [0.717, 1.165) is 67.1 Å². The maximum Gasteiger partial charge on any atom is 0.460 e. The van der Waals surface area contributed by atoms with E-state index in [1.54, 1.807) is 0 Å². The molecule has 0 atom stereocenters. The summed E-state index contributed by atoms with van der Waals surface area (Å²) in [7, 11) is -4.38. The Morgan fingerprint density at radius 2 is 0.738 bits per heavy atom. The fraction of sp³-hybridized carbons (Fsp3) is 0.457. The van der Waals surface area contributed by atoms with Gasteiger partial charge in [-0.25, -0.2) is 4.79 Å². The molecule has 2 nitrogen and oxygen atoms in total. The number of unbranched alkanes of at least 4 members (excludes halogenated alkanes) is 2. The van der Waals surface area contributed by atoms with Crippen molar-refractivity contribution in [1.29, 1.82) is 0 Å². The third kappa shape index (κ3) is 7.62. The van der Waals surface area contributed by atoms with E-state index in [-0.39, 0.29) is 0 Å². The first-order chi connectivity index (χ1) is 27.4. The largest absolute Gasteiger partial charge is 0.460 e. The highest BCUT2D eigenvalue weighted by Crippen LogP contribution is 2.71. The quantitative estimate of drug-likeness (QED) is 0.0938. The number of benzene rings is 3. The van der Waals surface area contributed by atoms with Crippen molar-refractivity contribution in [3.63, 3.8) is 0 Å². The second-order valence-corrected chi connectivity index (χ2v) is 15.6. The smallest absolute Gasteiger partial charge is 0.397 e. The van der Waals surface area contributed by atoms with Crippen molar-refractivity contribution in [2.45, 2.75) is 113 Å². The average molecular weight is 947 g/mol. The molecule has 0 N–H and O–H groups in total. The van der Waals surface area contributed by atoms with Crippen molar-refractivity contribution in [1.82, 2.24) is 0 Å². The van der Waals surface area contributed by atoms with E-state index >= 15 is 17.6 Å². The molecule has 0 spiro atoms. The first kappa shape index (κ1) is 51.2. The van der Waals surface area contributed by atoms with Gasteiger partial charge in [-0.15, -0.1) is 0 Å². The van der Waals surface area contributed by atoms with Crippen LogP contribution in [-0.2, 0) is 15.4 Å². The summed E-state index contributed by atoms with van der Waals surface area (Å²) in [5.41, 5.74) is 0.510. The van der Waals surface area contributed by atoms with Crippen molar-refractivity contribution in [2.75, 3.05) is 0 Å². The van der Waals surface area contributed by atoms with E-state index in [2.05, 4.69) is 0 Å². The Balaban J connectivity index is 2.23. The zero-order valence-corrected chi connectivity index (χ0v) is 30.6. The third-order valence-corrected chi connectivity index (χ3v) is 12.0. The molecular weight excluding hydrogens is 921 g/mol. The van der Waals surface area contributed by atoms with Gasteiger partial charge in [0.2, 0.25) is 0 Å². The molecule has 0 fully saturated rings. The van der Waals surface area contributed by atoms with Gasteiger partial charge in [0.15, 0.2) is 0 Å². The minimum Gasteiger partial charge on any atom is -0.397 e. The maximum absolute atomic E-state index is 15.4. The Bertz CT molecular complexity index is 1930. The molecular formula is C35H25F23O2S. The number of hydrogen-bond donors (Lipinski definition) is 0. The summed E-state index contributed by atoms with van der Waals surface area (Å²) >= 11 is 0. The topological polar surface area (TPSA) is 26.3 Å². The Morgan fingerprint density at radius 1 is 0.426 bits per heavy atom. The molecule has 26 heteroatoms. The van der Waals surface area contributed by atoms with E-state index < -0.39 is 96.4 Å². The number of rotatable bonds is 18. The number of hydrogen-bond acceptors (Lipinski definition) is 2. The summed E-state index contributed by atoms with van der Waals surface area (Å²) in [6.07, 6.45) is -5.79. The van der Waals surface area contributed by atoms with Crippen LogP contribution in [0.5, 0.6) is 0 Å². The van der Waals surface area contributed by atoms with Gasteiger partial charge in [-0.05, 0) is 65.1 Å². The van der Waals surface area contributed by atoms with Crippen LogP contribution in [0.15, 0.2) is 99.6 Å². The van der Waals surface area contributed by atoms with Crippen LogP contribution in [0.4, 0.5) is 101 Å². The minimum absolute atomic E-state index is 0.357. The summed E-state index contributed by atoms with van der Waals surface area (Å²) in [5.74, 6) is -94.5. The van der Waals surface area contributed by atoms with Gasteiger partial charge in [0, 0.05) is 14.7 Å². The van der Waals surface area contributed by atoms with Crippen molar-refractivity contribution >= 4 is 16.3 Å². The van der Waals surface area contributed by atoms with Crippen molar-refractivity contribution < 1.29 is 110 Å². The summed E-state index contributed by atoms with van der Waals surface area (Å²) < 4.78 is 329. The summed E-state index contributed by atoms with van der Waals surface area (Å²) in [4.78, 5) is 11.7. The van der Waals surface area contributed by atoms with E-state index in [1.807, 2.05) is 6.92 Å². The molecule has 0 saturated heterocycles. The van der Waals surface area contributed by atoms with Gasteiger partial charge < -0.3 is 4.18 Å². The molecule has 3 rings (SSSR count). The van der Waals surface area contributed by atoms with Gasteiger partial charge in [0.25, 0.3) is 0 Å². The zero-order chi connectivity index (χ0) is 47.3. The number of carbonyl (C=O) groups is 1. The lowest BCUT2D eigenvalue weighted by atomic mass is 9.85. The minimum atomic E-state index is -9.56. The lowest BCUT2D eigenvalue weighted by Crippen LogP contribution is -2.78. The van der Waals surface area contributed by atoms with Crippen LogP contribution in [0, 0.1) is 0 Å². The van der Waals surface area contributed by atoms with Gasteiger partial charge in [0.05, 0.1) is 0 Å². The number of alkyl halides is 23. The van der Waals surface area contributed by atoms with E-state index in [1.165, 1.54) is 24.3 Å². The second kappa shape index (κ2) is 16.2. The average Bonchev–Trinajstić information content (AvgIpc) is 3.16. The molecule has 3 aromatic rings. The number of aryl methyl sites for hydroxylation is 1. The van der Waals surface area contributed by atoms with Crippen LogP contribution < -0.4 is 0 Å². The van der Waals surface area contributed by atoms with E-state index in [4.69, 9.17) is 4.18 Å². The molecule has 0 saturated carbocycles. The highest BCUT2D eigenvalue weighted by Gasteiger charge is 2.99. The maximum atomic E-state index is 15.4. The molecule has 0 aromatic heterocycles. The normalized spacial score (nSPS) is 15.1. The van der Waals surface area contributed by atoms with Gasteiger partial charge in [-0.3, -0.25) is 0 Å². The van der Waals surface area contributed by atoms with Crippen molar-refractivity contribution in [3.8, 4) is 0 Å². The lowest BCUT2D eigenvalue weighted by Gasteiger charge is -2.45. The van der Waals surface area contributed by atoms with Crippen LogP contribution in [0.25, 0.3) is 0 Å². The number of carbonyl (C=O) groups excluding carboxylic acids is 1. The van der Waals surface area contributed by atoms with Crippen LogP contribution in [0.1, 0.15) is 31.7 Å². The molecule has 0 aliphatic rings. The summed E-state index contributed by atoms with van der Waals surface area (Å²) in [6, 6.07) is 15.5. The predicted octanol–water partition coefficient (Wildman–Crippen LogP) is 14.1. The monoisotopic (exact) mass is 946 g/mol. The van der Waals surface area contributed by atoms with Gasteiger partial charge in [-0.1, -0.05) is 68.3 Å².